The first-order valence-electron chi connectivity index (χ1n) is 6.39. The molecule has 1 saturated carbocycles. The highest BCUT2D eigenvalue weighted by atomic mass is 32.2. The number of benzene rings is 1. The molecule has 0 radical (unpaired) electrons. The molecule has 112 valence electrons. The molecule has 0 spiro atoms. The number of sulfonamides is 2. The fraction of sp³-hybridized carbons (Fsp3) is 0.500. The van der Waals surface area contributed by atoms with Crippen LogP contribution in [0.15, 0.2) is 34.1 Å². The van der Waals surface area contributed by atoms with Crippen molar-refractivity contribution in [3.05, 3.63) is 24.3 Å². The van der Waals surface area contributed by atoms with Gasteiger partial charge in [0, 0.05) is 6.04 Å². The summed E-state index contributed by atoms with van der Waals surface area (Å²) < 4.78 is 49.4. The van der Waals surface area contributed by atoms with Crippen LogP contribution in [0.3, 0.4) is 0 Å². The molecule has 6 nitrogen and oxygen atoms in total. The smallest absolute Gasteiger partial charge is 0.225 e. The van der Waals surface area contributed by atoms with Crippen LogP contribution in [-0.2, 0) is 20.0 Å². The largest absolute Gasteiger partial charge is 0.240 e. The van der Waals surface area contributed by atoms with Crippen molar-refractivity contribution in [2.45, 2.75) is 42.0 Å². The summed E-state index contributed by atoms with van der Waals surface area (Å²) in [6.07, 6.45) is 2.84. The van der Waals surface area contributed by atoms with Gasteiger partial charge in [0.15, 0.2) is 0 Å². The molecule has 1 aromatic carbocycles. The van der Waals surface area contributed by atoms with Gasteiger partial charge in [-0.25, -0.2) is 26.7 Å². The molecule has 20 heavy (non-hydrogen) atoms. The van der Waals surface area contributed by atoms with Crippen molar-refractivity contribution in [1.82, 2.24) is 4.72 Å². The van der Waals surface area contributed by atoms with Crippen LogP contribution in [0.1, 0.15) is 26.2 Å². The van der Waals surface area contributed by atoms with Gasteiger partial charge in [-0.2, -0.15) is 0 Å². The molecule has 1 fully saturated rings. The lowest BCUT2D eigenvalue weighted by atomic mass is 10.2. The van der Waals surface area contributed by atoms with Crippen LogP contribution in [0.2, 0.25) is 0 Å². The van der Waals surface area contributed by atoms with Crippen LogP contribution in [0, 0.1) is 5.92 Å². The summed E-state index contributed by atoms with van der Waals surface area (Å²) in [5.74, 6) is 0.385. The average Bonchev–Trinajstić information content (AvgIpc) is 3.06. The van der Waals surface area contributed by atoms with E-state index in [-0.39, 0.29) is 15.8 Å². The van der Waals surface area contributed by atoms with Gasteiger partial charge in [0.25, 0.3) is 0 Å². The van der Waals surface area contributed by atoms with Crippen LogP contribution >= 0.6 is 0 Å². The van der Waals surface area contributed by atoms with Crippen molar-refractivity contribution < 1.29 is 16.8 Å². The van der Waals surface area contributed by atoms with E-state index in [9.17, 15) is 16.8 Å². The Morgan fingerprint density at radius 2 is 1.90 bits per heavy atom. The second kappa shape index (κ2) is 5.44. The van der Waals surface area contributed by atoms with Gasteiger partial charge in [-0.3, -0.25) is 0 Å². The normalized spacial score (nSPS) is 22.7. The molecule has 1 aliphatic rings. The molecule has 3 N–H and O–H groups in total. The summed E-state index contributed by atoms with van der Waals surface area (Å²) in [5.41, 5.74) is 0. The minimum Gasteiger partial charge on any atom is -0.225 e. The molecule has 0 aliphatic heterocycles. The predicted octanol–water partition coefficient (Wildman–Crippen LogP) is 0.801. The van der Waals surface area contributed by atoms with Crippen molar-refractivity contribution in [2.75, 3.05) is 0 Å². The van der Waals surface area contributed by atoms with Gasteiger partial charge in [0.2, 0.25) is 20.0 Å². The Kier molecular flexibility index (Phi) is 4.19. The van der Waals surface area contributed by atoms with Gasteiger partial charge in [0.1, 0.15) is 0 Å². The Bertz CT molecular complexity index is 698. The van der Waals surface area contributed by atoms with E-state index < -0.39 is 20.0 Å². The molecule has 2 rings (SSSR count). The van der Waals surface area contributed by atoms with Crippen LogP contribution in [0.25, 0.3) is 0 Å². The van der Waals surface area contributed by atoms with Crippen molar-refractivity contribution >= 4 is 20.0 Å². The first-order chi connectivity index (χ1) is 9.24. The molecule has 2 unspecified atom stereocenters. The summed E-state index contributed by atoms with van der Waals surface area (Å²) >= 11 is 0. The Balaban J connectivity index is 2.19. The van der Waals surface area contributed by atoms with E-state index in [2.05, 4.69) is 11.6 Å². The average molecular weight is 318 g/mol. The molecule has 8 heteroatoms. The molecule has 0 aromatic heterocycles. The van der Waals surface area contributed by atoms with Gasteiger partial charge in [0.05, 0.1) is 9.79 Å². The topological polar surface area (TPSA) is 106 Å². The lowest BCUT2D eigenvalue weighted by Crippen LogP contribution is -2.27. The zero-order valence-corrected chi connectivity index (χ0v) is 12.7. The first kappa shape index (κ1) is 15.4. The maximum atomic E-state index is 12.2. The summed E-state index contributed by atoms with van der Waals surface area (Å²) in [6, 6.07) is 5.03. The van der Waals surface area contributed by atoms with E-state index in [0.717, 1.165) is 25.3 Å². The highest BCUT2D eigenvalue weighted by Gasteiger charge is 2.39. The number of hydrogen-bond acceptors (Lipinski definition) is 4. The molecular formula is C12H18N2O4S2. The predicted molar refractivity (Wildman–Crippen MR) is 74.9 cm³/mol. The quantitative estimate of drug-likeness (QED) is 0.809. The lowest BCUT2D eigenvalue weighted by molar-refractivity contribution is 0.572. The van der Waals surface area contributed by atoms with E-state index >= 15 is 0 Å². The lowest BCUT2D eigenvalue weighted by Gasteiger charge is -2.07. The zero-order valence-electron chi connectivity index (χ0n) is 11.1. The van der Waals surface area contributed by atoms with Gasteiger partial charge in [-0.1, -0.05) is 19.4 Å². The molecule has 0 bridgehead atoms. The van der Waals surface area contributed by atoms with E-state index in [1.165, 1.54) is 18.2 Å². The van der Waals surface area contributed by atoms with Crippen molar-refractivity contribution in [1.29, 1.82) is 0 Å². The second-order valence-electron chi connectivity index (χ2n) is 5.03. The monoisotopic (exact) mass is 318 g/mol. The van der Waals surface area contributed by atoms with Crippen LogP contribution in [-0.4, -0.2) is 22.9 Å². The zero-order chi connectivity index (χ0) is 15.0. The molecule has 0 amide bonds. The van der Waals surface area contributed by atoms with Crippen molar-refractivity contribution in [2.24, 2.45) is 11.1 Å². The summed E-state index contributed by atoms with van der Waals surface area (Å²) in [6.45, 7) is 2.06. The third kappa shape index (κ3) is 3.57. The number of hydrogen-bond donors (Lipinski definition) is 2. The maximum Gasteiger partial charge on any atom is 0.240 e. The minimum absolute atomic E-state index is 0.0434. The minimum atomic E-state index is -3.91. The van der Waals surface area contributed by atoms with Crippen molar-refractivity contribution in [3.63, 3.8) is 0 Å². The van der Waals surface area contributed by atoms with E-state index in [1.54, 1.807) is 0 Å². The fourth-order valence-corrected chi connectivity index (χ4v) is 4.16. The third-order valence-corrected chi connectivity index (χ3v) is 5.73. The summed E-state index contributed by atoms with van der Waals surface area (Å²) in [5, 5.41) is 5.00. The Morgan fingerprint density at radius 3 is 2.50 bits per heavy atom. The van der Waals surface area contributed by atoms with Crippen molar-refractivity contribution in [3.8, 4) is 0 Å². The third-order valence-electron chi connectivity index (χ3n) is 3.33. The fourth-order valence-electron chi connectivity index (χ4n) is 2.17. The first-order valence-corrected chi connectivity index (χ1v) is 9.42. The second-order valence-corrected chi connectivity index (χ2v) is 8.31. The number of primary sulfonamides is 1. The van der Waals surface area contributed by atoms with E-state index in [4.69, 9.17) is 5.14 Å². The SMILES string of the molecule is CCCC1CC1NS(=O)(=O)c1cccc(S(N)(=O)=O)c1. The number of nitrogens with one attached hydrogen (secondary N) is 1. The van der Waals surface area contributed by atoms with Gasteiger partial charge < -0.3 is 0 Å². The molecule has 1 aliphatic carbocycles. The Hall–Kier alpha value is -0.960. The molecule has 1 aromatic rings. The molecule has 0 saturated heterocycles. The standard InChI is InChI=1S/C12H18N2O4S2/c1-2-4-9-7-12(9)14-20(17,18)11-6-3-5-10(8-11)19(13,15)16/h3,5-6,8-9,12,14H,2,4,7H2,1H3,(H2,13,15,16). The number of nitrogens with two attached hydrogens (primary N) is 1. The molecule has 2 atom stereocenters. The summed E-state index contributed by atoms with van der Waals surface area (Å²) in [7, 11) is -7.61. The molecular weight excluding hydrogens is 300 g/mol. The molecule has 0 heterocycles. The van der Waals surface area contributed by atoms with E-state index in [1.807, 2.05) is 0 Å². The van der Waals surface area contributed by atoms with Crippen LogP contribution in [0.4, 0.5) is 0 Å². The van der Waals surface area contributed by atoms with Gasteiger partial charge in [-0.05, 0) is 37.0 Å². The van der Waals surface area contributed by atoms with Crippen LogP contribution < -0.4 is 9.86 Å². The highest BCUT2D eigenvalue weighted by molar-refractivity contribution is 7.90. The Labute approximate surface area is 119 Å². The van der Waals surface area contributed by atoms with Gasteiger partial charge in [-0.15, -0.1) is 0 Å². The summed E-state index contributed by atoms with van der Waals surface area (Å²) in [4.78, 5) is -0.285. The number of rotatable bonds is 6. The van der Waals surface area contributed by atoms with E-state index in [0.29, 0.717) is 5.92 Å². The van der Waals surface area contributed by atoms with Gasteiger partial charge >= 0.3 is 0 Å². The van der Waals surface area contributed by atoms with Crippen LogP contribution in [0.5, 0.6) is 0 Å². The highest BCUT2D eigenvalue weighted by Crippen LogP contribution is 2.35. The Morgan fingerprint density at radius 1 is 1.25 bits per heavy atom. The maximum absolute atomic E-state index is 12.2.